The van der Waals surface area contributed by atoms with E-state index < -0.39 is 6.04 Å². The van der Waals surface area contributed by atoms with Crippen LogP contribution in [0.1, 0.15) is 17.3 Å². The van der Waals surface area contributed by atoms with Gasteiger partial charge in [-0.15, -0.1) is 0 Å². The van der Waals surface area contributed by atoms with Crippen LogP contribution >= 0.6 is 0 Å². The van der Waals surface area contributed by atoms with Crippen molar-refractivity contribution in [2.45, 2.75) is 13.0 Å². The highest BCUT2D eigenvalue weighted by Gasteiger charge is 2.11. The fraction of sp³-hybridized carbons (Fsp3) is 0.167. The predicted octanol–water partition coefficient (Wildman–Crippen LogP) is 1.76. The van der Waals surface area contributed by atoms with Gasteiger partial charge in [0.2, 0.25) is 0 Å². The Labute approximate surface area is 87.9 Å². The molecule has 1 aromatic heterocycles. The number of nitrogens with zero attached hydrogens (tertiary/aromatic N) is 1. The molecule has 0 bridgehead atoms. The van der Waals surface area contributed by atoms with E-state index in [0.29, 0.717) is 5.56 Å². The van der Waals surface area contributed by atoms with Crippen LogP contribution < -0.4 is 5.73 Å². The van der Waals surface area contributed by atoms with Gasteiger partial charge in [-0.25, -0.2) is 0 Å². The van der Waals surface area contributed by atoms with E-state index in [1.165, 1.54) is 0 Å². The van der Waals surface area contributed by atoms with Crippen LogP contribution in [0.5, 0.6) is 0 Å². The summed E-state index contributed by atoms with van der Waals surface area (Å²) in [6.07, 6.45) is 1.58. The van der Waals surface area contributed by atoms with Crippen LogP contribution in [0.4, 0.5) is 0 Å². The van der Waals surface area contributed by atoms with Crippen molar-refractivity contribution in [2.24, 2.45) is 5.73 Å². The smallest absolute Gasteiger partial charge is 0.180 e. The average Bonchev–Trinajstić information content (AvgIpc) is 2.27. The number of carbonyl (C=O) groups is 1. The van der Waals surface area contributed by atoms with Gasteiger partial charge in [-0.2, -0.15) is 0 Å². The molecule has 3 heteroatoms. The Hall–Kier alpha value is -1.74. The largest absolute Gasteiger partial charge is 0.321 e. The molecule has 2 N–H and O–H groups in total. The van der Waals surface area contributed by atoms with Crippen LogP contribution in [0.25, 0.3) is 10.9 Å². The van der Waals surface area contributed by atoms with Crippen LogP contribution in [0.3, 0.4) is 0 Å². The normalized spacial score (nSPS) is 12.7. The van der Waals surface area contributed by atoms with Crippen molar-refractivity contribution in [3.05, 3.63) is 42.1 Å². The highest BCUT2D eigenvalue weighted by Crippen LogP contribution is 2.13. The lowest BCUT2D eigenvalue weighted by atomic mass is 10.1. The summed E-state index contributed by atoms with van der Waals surface area (Å²) < 4.78 is 0. The van der Waals surface area contributed by atoms with Crippen molar-refractivity contribution in [3.8, 4) is 0 Å². The molecule has 0 aliphatic rings. The van der Waals surface area contributed by atoms with E-state index in [0.717, 1.165) is 10.9 Å². The molecule has 0 radical (unpaired) electrons. The molecule has 3 nitrogen and oxygen atoms in total. The predicted molar refractivity (Wildman–Crippen MR) is 59.7 cm³/mol. The number of Topliss-reactive ketones (excluding diaryl/α,β-unsaturated/α-hetero) is 1. The molecule has 0 aliphatic carbocycles. The molecular formula is C12H12N2O. The zero-order valence-corrected chi connectivity index (χ0v) is 8.47. The minimum Gasteiger partial charge on any atom is -0.321 e. The standard InChI is InChI=1S/C12H12N2O/c1-8(13)12(15)10-6-9-4-2-3-5-11(9)14-7-10/h2-8H,13H2,1H3. The third-order valence-corrected chi connectivity index (χ3v) is 2.29. The minimum atomic E-state index is -0.479. The number of hydrogen-bond acceptors (Lipinski definition) is 3. The summed E-state index contributed by atoms with van der Waals surface area (Å²) in [6.45, 7) is 1.68. The topological polar surface area (TPSA) is 56.0 Å². The lowest BCUT2D eigenvalue weighted by Crippen LogP contribution is -2.26. The summed E-state index contributed by atoms with van der Waals surface area (Å²) in [6, 6.07) is 9.03. The average molecular weight is 200 g/mol. The van der Waals surface area contributed by atoms with Gasteiger partial charge in [-0.3, -0.25) is 9.78 Å². The van der Waals surface area contributed by atoms with Crippen molar-refractivity contribution < 1.29 is 4.79 Å². The highest BCUT2D eigenvalue weighted by atomic mass is 16.1. The molecule has 1 aromatic carbocycles. The maximum absolute atomic E-state index is 11.6. The monoisotopic (exact) mass is 200 g/mol. The van der Waals surface area contributed by atoms with E-state index in [1.54, 1.807) is 13.1 Å². The van der Waals surface area contributed by atoms with E-state index in [4.69, 9.17) is 5.73 Å². The lowest BCUT2D eigenvalue weighted by Gasteiger charge is -2.04. The number of aromatic nitrogens is 1. The molecule has 0 aliphatic heterocycles. The Morgan fingerprint density at radius 2 is 2.13 bits per heavy atom. The Morgan fingerprint density at radius 1 is 1.40 bits per heavy atom. The molecular weight excluding hydrogens is 188 g/mol. The Balaban J connectivity index is 2.52. The molecule has 1 atom stereocenters. The van der Waals surface area contributed by atoms with Gasteiger partial charge in [-0.1, -0.05) is 18.2 Å². The summed E-state index contributed by atoms with van der Waals surface area (Å²) in [5.41, 5.74) is 7.00. The van der Waals surface area contributed by atoms with Crippen LogP contribution in [0, 0.1) is 0 Å². The first-order valence-corrected chi connectivity index (χ1v) is 4.83. The number of rotatable bonds is 2. The molecule has 76 valence electrons. The molecule has 1 unspecified atom stereocenters. The number of fused-ring (bicyclic) bond motifs is 1. The Bertz CT molecular complexity index is 506. The first-order chi connectivity index (χ1) is 7.18. The second kappa shape index (κ2) is 3.79. The van der Waals surface area contributed by atoms with Crippen molar-refractivity contribution in [1.82, 2.24) is 4.98 Å². The van der Waals surface area contributed by atoms with E-state index in [1.807, 2.05) is 30.3 Å². The molecule has 0 saturated heterocycles. The third kappa shape index (κ3) is 1.87. The van der Waals surface area contributed by atoms with E-state index in [9.17, 15) is 4.79 Å². The fourth-order valence-electron chi connectivity index (χ4n) is 1.47. The molecule has 0 spiro atoms. The number of para-hydroxylation sites is 1. The van der Waals surface area contributed by atoms with Gasteiger partial charge in [0.05, 0.1) is 11.6 Å². The third-order valence-electron chi connectivity index (χ3n) is 2.29. The molecule has 2 rings (SSSR count). The van der Waals surface area contributed by atoms with Gasteiger partial charge in [0.1, 0.15) is 0 Å². The zero-order chi connectivity index (χ0) is 10.8. The molecule has 0 amide bonds. The lowest BCUT2D eigenvalue weighted by molar-refractivity contribution is 0.0968. The van der Waals surface area contributed by atoms with E-state index >= 15 is 0 Å². The molecule has 1 heterocycles. The van der Waals surface area contributed by atoms with Gasteiger partial charge in [0, 0.05) is 17.1 Å². The quantitative estimate of drug-likeness (QED) is 0.751. The molecule has 15 heavy (non-hydrogen) atoms. The zero-order valence-electron chi connectivity index (χ0n) is 8.47. The van der Waals surface area contributed by atoms with Crippen molar-refractivity contribution in [2.75, 3.05) is 0 Å². The number of nitrogens with two attached hydrogens (primary N) is 1. The molecule has 0 saturated carbocycles. The van der Waals surface area contributed by atoms with E-state index in [2.05, 4.69) is 4.98 Å². The number of benzene rings is 1. The second-order valence-corrected chi connectivity index (χ2v) is 3.57. The highest BCUT2D eigenvalue weighted by molar-refractivity contribution is 6.01. The summed E-state index contributed by atoms with van der Waals surface area (Å²) in [7, 11) is 0. The van der Waals surface area contributed by atoms with Gasteiger partial charge in [0.15, 0.2) is 5.78 Å². The Morgan fingerprint density at radius 3 is 2.87 bits per heavy atom. The summed E-state index contributed by atoms with van der Waals surface area (Å²) in [5.74, 6) is -0.0757. The number of pyridine rings is 1. The van der Waals surface area contributed by atoms with Crippen LogP contribution in [-0.4, -0.2) is 16.8 Å². The Kier molecular flexibility index (Phi) is 2.47. The summed E-state index contributed by atoms with van der Waals surface area (Å²) in [5, 5.41) is 0.962. The first-order valence-electron chi connectivity index (χ1n) is 4.83. The maximum atomic E-state index is 11.6. The van der Waals surface area contributed by atoms with Gasteiger partial charge >= 0.3 is 0 Å². The fourth-order valence-corrected chi connectivity index (χ4v) is 1.47. The van der Waals surface area contributed by atoms with E-state index in [-0.39, 0.29) is 5.78 Å². The molecule has 0 fully saturated rings. The van der Waals surface area contributed by atoms with Crippen molar-refractivity contribution in [3.63, 3.8) is 0 Å². The molecule has 2 aromatic rings. The number of carbonyl (C=O) groups excluding carboxylic acids is 1. The van der Waals surface area contributed by atoms with Crippen LogP contribution in [-0.2, 0) is 0 Å². The maximum Gasteiger partial charge on any atom is 0.180 e. The number of hydrogen-bond donors (Lipinski definition) is 1. The summed E-state index contributed by atoms with van der Waals surface area (Å²) in [4.78, 5) is 15.8. The van der Waals surface area contributed by atoms with Gasteiger partial charge in [-0.05, 0) is 19.1 Å². The van der Waals surface area contributed by atoms with Crippen LogP contribution in [0.2, 0.25) is 0 Å². The summed E-state index contributed by atoms with van der Waals surface area (Å²) >= 11 is 0. The first kappa shape index (κ1) is 9.80. The SMILES string of the molecule is CC(N)C(=O)c1cnc2ccccc2c1. The van der Waals surface area contributed by atoms with Crippen molar-refractivity contribution >= 4 is 16.7 Å². The van der Waals surface area contributed by atoms with Crippen LogP contribution in [0.15, 0.2) is 36.5 Å². The van der Waals surface area contributed by atoms with Crippen molar-refractivity contribution in [1.29, 1.82) is 0 Å². The minimum absolute atomic E-state index is 0.0757. The second-order valence-electron chi connectivity index (χ2n) is 3.57. The van der Waals surface area contributed by atoms with Gasteiger partial charge < -0.3 is 5.73 Å². The number of ketones is 1. The van der Waals surface area contributed by atoms with Gasteiger partial charge in [0.25, 0.3) is 0 Å².